The Morgan fingerprint density at radius 2 is 2.00 bits per heavy atom. The Labute approximate surface area is 123 Å². The average molecular weight is 289 g/mol. The number of nitrogens with zero attached hydrogens (tertiary/aromatic N) is 2. The first-order chi connectivity index (χ1) is 9.65. The highest BCUT2D eigenvalue weighted by Gasteiger charge is 2.18. The molecule has 2 aromatic rings. The topological polar surface area (TPSA) is 25.2 Å². The summed E-state index contributed by atoms with van der Waals surface area (Å²) >= 11 is 6.22. The Morgan fingerprint density at radius 3 is 2.80 bits per heavy atom. The van der Waals surface area contributed by atoms with Gasteiger partial charge in [0.2, 0.25) is 0 Å². The first-order valence-corrected chi connectivity index (χ1v) is 7.17. The fourth-order valence-electron chi connectivity index (χ4n) is 2.69. The van der Waals surface area contributed by atoms with Crippen LogP contribution in [0.15, 0.2) is 41.3 Å². The van der Waals surface area contributed by atoms with E-state index in [4.69, 9.17) is 11.6 Å². The second-order valence-electron chi connectivity index (χ2n) is 5.25. The monoisotopic (exact) mass is 288 g/mol. The van der Waals surface area contributed by atoms with Crippen molar-refractivity contribution in [2.75, 3.05) is 6.54 Å². The maximum absolute atomic E-state index is 11.8. The molecule has 0 spiro atoms. The van der Waals surface area contributed by atoms with E-state index >= 15 is 0 Å². The van der Waals surface area contributed by atoms with Gasteiger partial charge in [0.25, 0.3) is 0 Å². The smallest absolute Gasteiger partial charge is 0.184 e. The number of pyridine rings is 1. The van der Waals surface area contributed by atoms with Gasteiger partial charge in [0, 0.05) is 54.7 Å². The van der Waals surface area contributed by atoms with Gasteiger partial charge in [0.15, 0.2) is 5.43 Å². The molecular weight excluding hydrogens is 272 g/mol. The molecule has 3 rings (SSSR count). The summed E-state index contributed by atoms with van der Waals surface area (Å²) in [5.74, 6) is 0. The predicted molar refractivity (Wildman–Crippen MR) is 81.0 cm³/mol. The predicted octanol–water partition coefficient (Wildman–Crippen LogP) is 2.83. The maximum Gasteiger partial charge on any atom is 0.184 e. The van der Waals surface area contributed by atoms with E-state index in [1.165, 1.54) is 0 Å². The quantitative estimate of drug-likeness (QED) is 0.849. The van der Waals surface area contributed by atoms with Crippen LogP contribution in [0.3, 0.4) is 0 Å². The molecule has 0 fully saturated rings. The van der Waals surface area contributed by atoms with Crippen molar-refractivity contribution in [3.05, 3.63) is 68.6 Å². The zero-order valence-electron chi connectivity index (χ0n) is 11.5. The zero-order chi connectivity index (χ0) is 14.1. The van der Waals surface area contributed by atoms with E-state index in [1.807, 2.05) is 31.3 Å². The van der Waals surface area contributed by atoms with Gasteiger partial charge in [0.05, 0.1) is 0 Å². The highest BCUT2D eigenvalue weighted by atomic mass is 35.5. The molecule has 20 heavy (non-hydrogen) atoms. The summed E-state index contributed by atoms with van der Waals surface area (Å²) < 4.78 is 2.18. The van der Waals surface area contributed by atoms with E-state index in [0.29, 0.717) is 0 Å². The number of hydrogen-bond acceptors (Lipinski definition) is 2. The molecule has 1 aliphatic heterocycles. The first kappa shape index (κ1) is 13.4. The van der Waals surface area contributed by atoms with E-state index in [1.54, 1.807) is 6.07 Å². The molecule has 0 amide bonds. The molecule has 4 heteroatoms. The van der Waals surface area contributed by atoms with Crippen molar-refractivity contribution < 1.29 is 0 Å². The number of rotatable bonds is 2. The molecule has 1 aromatic carbocycles. The van der Waals surface area contributed by atoms with Crippen molar-refractivity contribution >= 4 is 11.6 Å². The molecule has 0 radical (unpaired) electrons. The van der Waals surface area contributed by atoms with Gasteiger partial charge >= 0.3 is 0 Å². The summed E-state index contributed by atoms with van der Waals surface area (Å²) in [5.41, 5.74) is 3.24. The largest absolute Gasteiger partial charge is 0.348 e. The molecule has 3 nitrogen and oxygen atoms in total. The molecule has 0 saturated heterocycles. The third kappa shape index (κ3) is 2.51. The van der Waals surface area contributed by atoms with Gasteiger partial charge < -0.3 is 4.57 Å². The fraction of sp³-hybridized carbons (Fsp3) is 0.312. The van der Waals surface area contributed by atoms with E-state index in [9.17, 15) is 4.79 Å². The molecule has 0 unspecified atom stereocenters. The lowest BCUT2D eigenvalue weighted by atomic mass is 10.1. The van der Waals surface area contributed by atoms with Gasteiger partial charge in [-0.15, -0.1) is 0 Å². The van der Waals surface area contributed by atoms with E-state index in [2.05, 4.69) is 15.5 Å². The minimum atomic E-state index is 0.121. The molecule has 2 heterocycles. The second kappa shape index (κ2) is 5.43. The highest BCUT2D eigenvalue weighted by Crippen LogP contribution is 2.20. The molecule has 0 N–H and O–H groups in total. The summed E-state index contributed by atoms with van der Waals surface area (Å²) in [6.07, 6.45) is 1.90. The summed E-state index contributed by atoms with van der Waals surface area (Å²) in [5, 5.41) is 0.806. The fourth-order valence-corrected chi connectivity index (χ4v) is 2.89. The van der Waals surface area contributed by atoms with Crippen LogP contribution >= 0.6 is 11.6 Å². The molecule has 0 saturated carbocycles. The van der Waals surface area contributed by atoms with Gasteiger partial charge in [-0.3, -0.25) is 9.69 Å². The van der Waals surface area contributed by atoms with Crippen LogP contribution in [0, 0.1) is 6.92 Å². The number of hydrogen-bond donors (Lipinski definition) is 0. The number of benzene rings is 1. The van der Waals surface area contributed by atoms with Crippen LogP contribution < -0.4 is 5.43 Å². The molecular formula is C16H17ClN2O. The maximum atomic E-state index is 11.8. The van der Waals surface area contributed by atoms with Crippen LogP contribution in [0.2, 0.25) is 5.02 Å². The highest BCUT2D eigenvalue weighted by molar-refractivity contribution is 6.31. The molecule has 0 atom stereocenters. The van der Waals surface area contributed by atoms with Crippen molar-refractivity contribution in [3.8, 4) is 0 Å². The standard InChI is InChI=1S/C16H17ClN2O/c1-12-15-11-18(8-9-19(15)7-6-16(12)20)10-13-4-2-3-5-14(13)17/h2-7H,8-11H2,1H3. The second-order valence-corrected chi connectivity index (χ2v) is 5.65. The van der Waals surface area contributed by atoms with Crippen molar-refractivity contribution in [1.82, 2.24) is 9.47 Å². The molecule has 0 bridgehead atoms. The molecule has 104 valence electrons. The third-order valence-electron chi connectivity index (χ3n) is 3.94. The normalized spacial score (nSPS) is 15.1. The van der Waals surface area contributed by atoms with E-state index in [0.717, 1.165) is 48.0 Å². The van der Waals surface area contributed by atoms with Crippen molar-refractivity contribution in [2.45, 2.75) is 26.6 Å². The van der Waals surface area contributed by atoms with Gasteiger partial charge in [-0.25, -0.2) is 0 Å². The van der Waals surface area contributed by atoms with Crippen LogP contribution in [-0.2, 0) is 19.6 Å². The van der Waals surface area contributed by atoms with Crippen LogP contribution in [0.5, 0.6) is 0 Å². The number of halogens is 1. The lowest BCUT2D eigenvalue weighted by Crippen LogP contribution is -2.35. The van der Waals surface area contributed by atoms with Crippen molar-refractivity contribution in [3.63, 3.8) is 0 Å². The Bertz CT molecular complexity index is 693. The minimum Gasteiger partial charge on any atom is -0.348 e. The van der Waals surface area contributed by atoms with E-state index < -0.39 is 0 Å². The Balaban J connectivity index is 1.84. The summed E-state index contributed by atoms with van der Waals surface area (Å²) in [6.45, 7) is 5.42. The SMILES string of the molecule is Cc1c2n(ccc1=O)CCN(Cc1ccccc1Cl)C2. The Morgan fingerprint density at radius 1 is 1.20 bits per heavy atom. The van der Waals surface area contributed by atoms with Crippen molar-refractivity contribution in [1.29, 1.82) is 0 Å². The summed E-state index contributed by atoms with van der Waals surface area (Å²) in [7, 11) is 0. The van der Waals surface area contributed by atoms with Gasteiger partial charge in [0.1, 0.15) is 0 Å². The van der Waals surface area contributed by atoms with Crippen LogP contribution in [0.25, 0.3) is 0 Å². The lowest BCUT2D eigenvalue weighted by molar-refractivity contribution is 0.210. The van der Waals surface area contributed by atoms with Crippen molar-refractivity contribution in [2.24, 2.45) is 0 Å². The van der Waals surface area contributed by atoms with Gasteiger partial charge in [-0.1, -0.05) is 29.8 Å². The Kier molecular flexibility index (Phi) is 3.64. The summed E-state index contributed by atoms with van der Waals surface area (Å²) in [6, 6.07) is 9.59. The van der Waals surface area contributed by atoms with Crippen LogP contribution in [0.1, 0.15) is 16.8 Å². The minimum absolute atomic E-state index is 0.121. The van der Waals surface area contributed by atoms with Crippen LogP contribution in [0.4, 0.5) is 0 Å². The van der Waals surface area contributed by atoms with E-state index in [-0.39, 0.29) is 5.43 Å². The average Bonchev–Trinajstić information content (AvgIpc) is 2.46. The van der Waals surface area contributed by atoms with Gasteiger partial charge in [-0.05, 0) is 18.6 Å². The first-order valence-electron chi connectivity index (χ1n) is 6.80. The molecule has 1 aromatic heterocycles. The molecule has 0 aliphatic carbocycles. The Hall–Kier alpha value is -1.58. The molecule has 1 aliphatic rings. The lowest BCUT2D eigenvalue weighted by Gasteiger charge is -2.31. The van der Waals surface area contributed by atoms with Crippen LogP contribution in [-0.4, -0.2) is 16.0 Å². The number of fused-ring (bicyclic) bond motifs is 1. The third-order valence-corrected chi connectivity index (χ3v) is 4.31. The van der Waals surface area contributed by atoms with Gasteiger partial charge in [-0.2, -0.15) is 0 Å². The summed E-state index contributed by atoms with van der Waals surface area (Å²) in [4.78, 5) is 14.1. The zero-order valence-corrected chi connectivity index (χ0v) is 12.2. The number of aromatic nitrogens is 1.